The number of pyridine rings is 1. The molecule has 2 unspecified atom stereocenters. The van der Waals surface area contributed by atoms with E-state index in [1.165, 1.54) is 0 Å². The van der Waals surface area contributed by atoms with E-state index in [0.29, 0.717) is 43.0 Å². The molecule has 0 bridgehead atoms. The van der Waals surface area contributed by atoms with Gasteiger partial charge in [0.1, 0.15) is 17.2 Å². The van der Waals surface area contributed by atoms with Crippen LogP contribution in [0.1, 0.15) is 25.7 Å². The van der Waals surface area contributed by atoms with Gasteiger partial charge >= 0.3 is 0 Å². The fraction of sp³-hybridized carbons (Fsp3) is 0.375. The SMILES string of the molecule is C=C(C#N)CCC(=O)N1CCC(N(c2ccc(OC(F)P)cc2)c2cnccc2OC)CC1. The fourth-order valence-electron chi connectivity index (χ4n) is 3.93. The van der Waals surface area contributed by atoms with Crippen molar-refractivity contribution in [3.8, 4) is 17.6 Å². The van der Waals surface area contributed by atoms with Crippen LogP contribution in [0.3, 0.4) is 0 Å². The molecule has 2 atom stereocenters. The van der Waals surface area contributed by atoms with Crippen LogP contribution in [0.2, 0.25) is 0 Å². The molecule has 9 heteroatoms. The highest BCUT2D eigenvalue weighted by atomic mass is 31.0. The number of ether oxygens (including phenoxy) is 2. The molecule has 0 aliphatic carbocycles. The van der Waals surface area contributed by atoms with Crippen LogP contribution in [-0.4, -0.2) is 48.1 Å². The van der Waals surface area contributed by atoms with Crippen LogP contribution >= 0.6 is 9.24 Å². The molecule has 0 saturated carbocycles. The number of alkyl halides is 1. The Labute approximate surface area is 196 Å². The van der Waals surface area contributed by atoms with Crippen LogP contribution in [0.25, 0.3) is 0 Å². The van der Waals surface area contributed by atoms with E-state index in [1.54, 1.807) is 31.6 Å². The smallest absolute Gasteiger partial charge is 0.249 e. The molecule has 33 heavy (non-hydrogen) atoms. The van der Waals surface area contributed by atoms with Crippen LogP contribution in [0.5, 0.6) is 11.5 Å². The predicted molar refractivity (Wildman–Crippen MR) is 128 cm³/mol. The van der Waals surface area contributed by atoms with Crippen molar-refractivity contribution in [2.24, 2.45) is 0 Å². The first-order chi connectivity index (χ1) is 15.9. The lowest BCUT2D eigenvalue weighted by molar-refractivity contribution is -0.132. The maximum Gasteiger partial charge on any atom is 0.249 e. The van der Waals surface area contributed by atoms with Crippen LogP contribution in [0, 0.1) is 11.3 Å². The van der Waals surface area contributed by atoms with Gasteiger partial charge in [0.05, 0.1) is 19.4 Å². The van der Waals surface area contributed by atoms with Crippen molar-refractivity contribution in [2.75, 3.05) is 25.1 Å². The first-order valence-corrected chi connectivity index (χ1v) is 11.4. The van der Waals surface area contributed by atoms with Gasteiger partial charge in [-0.1, -0.05) is 15.8 Å². The number of nitriles is 1. The number of rotatable bonds is 9. The second-order valence-electron chi connectivity index (χ2n) is 7.71. The molecule has 2 heterocycles. The van der Waals surface area contributed by atoms with Gasteiger partial charge < -0.3 is 19.3 Å². The maximum absolute atomic E-state index is 13.2. The van der Waals surface area contributed by atoms with Gasteiger partial charge in [-0.05, 0) is 43.5 Å². The number of methoxy groups -OCH3 is 1. The number of piperidine rings is 1. The molecule has 0 radical (unpaired) electrons. The van der Waals surface area contributed by atoms with Crippen molar-refractivity contribution in [3.05, 3.63) is 54.9 Å². The van der Waals surface area contributed by atoms with Gasteiger partial charge in [-0.2, -0.15) is 9.65 Å². The lowest BCUT2D eigenvalue weighted by atomic mass is 10.0. The van der Waals surface area contributed by atoms with E-state index in [2.05, 4.69) is 16.5 Å². The zero-order chi connectivity index (χ0) is 23.8. The molecule has 7 nitrogen and oxygen atoms in total. The van der Waals surface area contributed by atoms with Crippen LogP contribution in [0.4, 0.5) is 15.8 Å². The Kier molecular flexibility index (Phi) is 8.62. The molecule has 2 aromatic rings. The Bertz CT molecular complexity index is 1000. The maximum atomic E-state index is 13.2. The summed E-state index contributed by atoms with van der Waals surface area (Å²) in [6.07, 6.45) is 4.14. The van der Waals surface area contributed by atoms with E-state index >= 15 is 0 Å². The molecule has 1 aromatic heterocycles. The second-order valence-corrected chi connectivity index (χ2v) is 8.23. The largest absolute Gasteiger partial charge is 0.494 e. The quantitative estimate of drug-likeness (QED) is 0.394. The van der Waals surface area contributed by atoms with E-state index in [0.717, 1.165) is 24.2 Å². The fourth-order valence-corrected chi connectivity index (χ4v) is 4.09. The van der Waals surface area contributed by atoms with E-state index in [1.807, 2.05) is 38.4 Å². The Morgan fingerprint density at radius 3 is 2.64 bits per heavy atom. The summed E-state index contributed by atoms with van der Waals surface area (Å²) >= 11 is 0. The number of allylic oxidation sites excluding steroid dienone is 1. The Morgan fingerprint density at radius 1 is 1.33 bits per heavy atom. The van der Waals surface area contributed by atoms with Crippen LogP contribution in [0.15, 0.2) is 54.9 Å². The number of anilines is 2. The molecule has 1 aromatic carbocycles. The number of hydrogen-bond acceptors (Lipinski definition) is 6. The normalized spacial score (nSPS) is 14.8. The van der Waals surface area contributed by atoms with Crippen molar-refractivity contribution in [3.63, 3.8) is 0 Å². The summed E-state index contributed by atoms with van der Waals surface area (Å²) in [7, 11) is 3.58. The van der Waals surface area contributed by atoms with Gasteiger partial charge in [-0.3, -0.25) is 9.78 Å². The molecule has 1 aliphatic rings. The van der Waals surface area contributed by atoms with Gasteiger partial charge in [0.15, 0.2) is 0 Å². The highest BCUT2D eigenvalue weighted by Gasteiger charge is 2.29. The minimum atomic E-state index is -1.47. The van der Waals surface area contributed by atoms with Crippen molar-refractivity contribution in [2.45, 2.75) is 37.8 Å². The average molecular weight is 470 g/mol. The van der Waals surface area contributed by atoms with Crippen molar-refractivity contribution >= 4 is 26.5 Å². The minimum Gasteiger partial charge on any atom is -0.494 e. The number of hydrogen-bond donors (Lipinski definition) is 0. The van der Waals surface area contributed by atoms with Gasteiger partial charge in [0.2, 0.25) is 12.0 Å². The minimum absolute atomic E-state index is 0.0371. The Morgan fingerprint density at radius 2 is 2.03 bits per heavy atom. The second kappa shape index (κ2) is 11.6. The topological polar surface area (TPSA) is 78.7 Å². The zero-order valence-electron chi connectivity index (χ0n) is 18.6. The Hall–Kier alpha value is -3.17. The standard InChI is InChI=1S/C24H28FN4O3P/c1-17(15-26)3-8-23(30)28-13-10-19(11-14-28)29(21-16-27-12-9-22(21)31-2)18-4-6-20(7-5-18)32-24(25)33/h4-7,9,12,16,19,24H,1,3,8,10-11,13-14,33H2,2H3. The molecule has 1 fully saturated rings. The van der Waals surface area contributed by atoms with E-state index < -0.39 is 6.10 Å². The molecule has 0 N–H and O–H groups in total. The molecular formula is C24H28FN4O3P. The Balaban J connectivity index is 1.79. The van der Waals surface area contributed by atoms with Gasteiger partial charge in [0, 0.05) is 49.1 Å². The summed E-state index contributed by atoms with van der Waals surface area (Å²) in [5.41, 5.74) is 2.13. The lowest BCUT2D eigenvalue weighted by Gasteiger charge is -2.40. The number of nitrogens with zero attached hydrogens (tertiary/aromatic N) is 4. The van der Waals surface area contributed by atoms with E-state index in [4.69, 9.17) is 14.7 Å². The third-order valence-corrected chi connectivity index (χ3v) is 5.72. The van der Waals surface area contributed by atoms with Crippen molar-refractivity contribution in [1.82, 2.24) is 9.88 Å². The van der Waals surface area contributed by atoms with Gasteiger partial charge in [-0.15, -0.1) is 0 Å². The lowest BCUT2D eigenvalue weighted by Crippen LogP contribution is -2.45. The molecule has 1 amide bonds. The first-order valence-electron chi connectivity index (χ1n) is 10.7. The number of likely N-dealkylation sites (tertiary alicyclic amines) is 1. The van der Waals surface area contributed by atoms with Crippen molar-refractivity contribution in [1.29, 1.82) is 5.26 Å². The number of halogens is 1. The highest BCUT2D eigenvalue weighted by Crippen LogP contribution is 2.38. The monoisotopic (exact) mass is 470 g/mol. The number of benzene rings is 1. The summed E-state index contributed by atoms with van der Waals surface area (Å²) in [6.45, 7) is 4.86. The number of carbonyl (C=O) groups is 1. The van der Waals surface area contributed by atoms with E-state index in [-0.39, 0.29) is 11.9 Å². The molecule has 1 saturated heterocycles. The molecule has 174 valence electrons. The molecule has 1 aliphatic heterocycles. The average Bonchev–Trinajstić information content (AvgIpc) is 2.84. The third kappa shape index (κ3) is 6.43. The van der Waals surface area contributed by atoms with Crippen molar-refractivity contribution < 1.29 is 18.7 Å². The summed E-state index contributed by atoms with van der Waals surface area (Å²) in [5.74, 6) is 1.15. The summed E-state index contributed by atoms with van der Waals surface area (Å²) < 4.78 is 23.9. The third-order valence-electron chi connectivity index (χ3n) is 5.59. The summed E-state index contributed by atoms with van der Waals surface area (Å²) in [6, 6.07) is 11.1. The van der Waals surface area contributed by atoms with Crippen LogP contribution in [-0.2, 0) is 4.79 Å². The highest BCUT2D eigenvalue weighted by molar-refractivity contribution is 7.16. The summed E-state index contributed by atoms with van der Waals surface area (Å²) in [4.78, 5) is 20.8. The van der Waals surface area contributed by atoms with Gasteiger partial charge in [0.25, 0.3) is 0 Å². The van der Waals surface area contributed by atoms with E-state index in [9.17, 15) is 9.18 Å². The number of amides is 1. The zero-order valence-corrected chi connectivity index (χ0v) is 19.8. The number of carbonyl (C=O) groups excluding carboxylic acids is 1. The first kappa shape index (κ1) is 24.5. The number of aromatic nitrogens is 1. The predicted octanol–water partition coefficient (Wildman–Crippen LogP) is 4.59. The summed E-state index contributed by atoms with van der Waals surface area (Å²) in [5, 5.41) is 8.85. The molecular weight excluding hydrogens is 442 g/mol. The van der Waals surface area contributed by atoms with Gasteiger partial charge in [-0.25, -0.2) is 0 Å². The van der Waals surface area contributed by atoms with Crippen LogP contribution < -0.4 is 14.4 Å². The molecule has 0 spiro atoms. The molecule has 3 rings (SSSR count).